The second-order valence-electron chi connectivity index (χ2n) is 10.3. The molecule has 0 unspecified atom stereocenters. The van der Waals surface area contributed by atoms with E-state index in [0.29, 0.717) is 18.8 Å². The maximum Gasteiger partial charge on any atom is 0.338 e. The Labute approximate surface area is 225 Å². The summed E-state index contributed by atoms with van der Waals surface area (Å²) in [6, 6.07) is 23.5. The fourth-order valence-electron chi connectivity index (χ4n) is 5.36. The minimum Gasteiger partial charge on any atom is -0.462 e. The Kier molecular flexibility index (Phi) is 8.82. The van der Waals surface area contributed by atoms with Gasteiger partial charge in [0.1, 0.15) is 7.05 Å². The zero-order chi connectivity index (χ0) is 26.2. The second-order valence-corrected chi connectivity index (χ2v) is 10.3. The molecule has 5 rings (SSSR count). The summed E-state index contributed by atoms with van der Waals surface area (Å²) in [5.41, 5.74) is 1.89. The highest BCUT2D eigenvalue weighted by Gasteiger charge is 2.11. The first-order valence-corrected chi connectivity index (χ1v) is 14.1. The van der Waals surface area contributed by atoms with Crippen molar-refractivity contribution in [3.8, 4) is 0 Å². The normalized spacial score (nSPS) is 11.6. The van der Waals surface area contributed by atoms with Gasteiger partial charge in [-0.3, -0.25) is 0 Å². The highest BCUT2D eigenvalue weighted by molar-refractivity contribution is 6.23. The fraction of sp³-hybridized carbons (Fsp3) is 0.353. The van der Waals surface area contributed by atoms with Gasteiger partial charge in [0.05, 0.1) is 18.8 Å². The number of rotatable bonds is 14. The first-order chi connectivity index (χ1) is 18.7. The van der Waals surface area contributed by atoms with E-state index in [9.17, 15) is 4.79 Å². The van der Waals surface area contributed by atoms with Crippen LogP contribution in [0.1, 0.15) is 67.3 Å². The molecule has 4 nitrogen and oxygen atoms in total. The molecule has 0 aliphatic carbocycles. The van der Waals surface area contributed by atoms with Gasteiger partial charge in [-0.2, -0.15) is 0 Å². The monoisotopic (exact) mass is 508 g/mol. The van der Waals surface area contributed by atoms with E-state index in [0.717, 1.165) is 25.9 Å². The van der Waals surface area contributed by atoms with Crippen molar-refractivity contribution in [2.24, 2.45) is 7.05 Å². The Hall–Kier alpha value is -3.50. The quantitative estimate of drug-likeness (QED) is 0.0662. The van der Waals surface area contributed by atoms with Crippen LogP contribution in [0.25, 0.3) is 32.3 Å². The minimum atomic E-state index is -0.230. The fourth-order valence-corrected chi connectivity index (χ4v) is 5.36. The predicted octanol–water partition coefficient (Wildman–Crippen LogP) is 7.90. The topological polar surface area (TPSA) is 39.4 Å². The van der Waals surface area contributed by atoms with Gasteiger partial charge in [-0.1, -0.05) is 93.1 Å². The molecule has 4 heteroatoms. The van der Waals surface area contributed by atoms with Gasteiger partial charge in [0, 0.05) is 18.7 Å². The number of aryl methyl sites for hydroxylation is 1. The van der Waals surface area contributed by atoms with Gasteiger partial charge in [0.25, 0.3) is 0 Å². The number of nitrogens with zero attached hydrogens (tertiary/aromatic N) is 1. The molecular formula is C34H38NO3+. The van der Waals surface area contributed by atoms with Crippen LogP contribution in [0.3, 0.4) is 0 Å². The molecule has 1 aromatic heterocycles. The van der Waals surface area contributed by atoms with E-state index in [1.165, 1.54) is 70.0 Å². The van der Waals surface area contributed by atoms with Gasteiger partial charge < -0.3 is 9.47 Å². The molecule has 38 heavy (non-hydrogen) atoms. The Morgan fingerprint density at radius 1 is 0.658 bits per heavy atom. The van der Waals surface area contributed by atoms with Crippen LogP contribution in [-0.4, -0.2) is 19.2 Å². The highest BCUT2D eigenvalue weighted by atomic mass is 16.5. The van der Waals surface area contributed by atoms with Crippen LogP contribution in [0.2, 0.25) is 0 Å². The average Bonchev–Trinajstić information content (AvgIpc) is 2.95. The third kappa shape index (κ3) is 6.31. The Morgan fingerprint density at radius 3 is 1.95 bits per heavy atom. The van der Waals surface area contributed by atoms with Crippen molar-refractivity contribution >= 4 is 38.3 Å². The molecule has 0 aliphatic rings. The number of carbonyl (C=O) groups excluding carboxylic acids is 1. The van der Waals surface area contributed by atoms with E-state index in [1.807, 2.05) is 24.0 Å². The second kappa shape index (κ2) is 12.8. The van der Waals surface area contributed by atoms with Crippen LogP contribution in [0, 0.1) is 0 Å². The summed E-state index contributed by atoms with van der Waals surface area (Å²) >= 11 is 0. The lowest BCUT2D eigenvalue weighted by atomic mass is 9.92. The number of hydrogen-bond acceptors (Lipinski definition) is 3. The summed E-state index contributed by atoms with van der Waals surface area (Å²) in [6.07, 6.45) is 13.0. The molecule has 196 valence electrons. The van der Waals surface area contributed by atoms with Crippen LogP contribution in [0.5, 0.6) is 0 Å². The lowest BCUT2D eigenvalue weighted by Gasteiger charge is -2.14. The van der Waals surface area contributed by atoms with E-state index >= 15 is 0 Å². The lowest BCUT2D eigenvalue weighted by Crippen LogP contribution is -2.26. The number of hydrogen-bond donors (Lipinski definition) is 0. The van der Waals surface area contributed by atoms with Crippen LogP contribution < -0.4 is 4.57 Å². The third-order valence-corrected chi connectivity index (χ3v) is 7.51. The van der Waals surface area contributed by atoms with Crippen LogP contribution in [0.4, 0.5) is 0 Å². The molecular weight excluding hydrogens is 470 g/mol. The number of aromatic nitrogens is 1. The Bertz CT molecular complexity index is 1460. The minimum absolute atomic E-state index is 0.230. The maximum atomic E-state index is 12.0. The third-order valence-electron chi connectivity index (χ3n) is 7.51. The smallest absolute Gasteiger partial charge is 0.338 e. The van der Waals surface area contributed by atoms with Crippen molar-refractivity contribution in [2.45, 2.75) is 58.0 Å². The predicted molar refractivity (Wildman–Crippen MR) is 155 cm³/mol. The summed E-state index contributed by atoms with van der Waals surface area (Å²) in [6.45, 7) is 1.98. The zero-order valence-electron chi connectivity index (χ0n) is 22.5. The van der Waals surface area contributed by atoms with Gasteiger partial charge in [-0.25, -0.2) is 9.36 Å². The van der Waals surface area contributed by atoms with E-state index in [1.54, 1.807) is 12.1 Å². The van der Waals surface area contributed by atoms with Crippen molar-refractivity contribution in [3.05, 3.63) is 90.3 Å². The van der Waals surface area contributed by atoms with Crippen molar-refractivity contribution in [1.29, 1.82) is 0 Å². The highest BCUT2D eigenvalue weighted by Crippen LogP contribution is 2.36. The van der Waals surface area contributed by atoms with E-state index in [2.05, 4.69) is 54.6 Å². The van der Waals surface area contributed by atoms with Crippen molar-refractivity contribution in [1.82, 2.24) is 0 Å². The summed E-state index contributed by atoms with van der Waals surface area (Å²) in [5, 5.41) is 7.96. The molecule has 0 saturated heterocycles. The molecule has 0 spiro atoms. The lowest BCUT2D eigenvalue weighted by molar-refractivity contribution is -0.671. The molecule has 0 radical (unpaired) electrons. The summed E-state index contributed by atoms with van der Waals surface area (Å²) in [5.74, 6) is -0.230. The van der Waals surface area contributed by atoms with Crippen LogP contribution in [0.15, 0.2) is 79.1 Å². The van der Waals surface area contributed by atoms with Gasteiger partial charge >= 0.3 is 5.97 Å². The molecule has 0 amide bonds. The molecule has 0 bridgehead atoms. The number of pyridine rings is 1. The van der Waals surface area contributed by atoms with Crippen molar-refractivity contribution in [2.75, 3.05) is 13.2 Å². The van der Waals surface area contributed by atoms with Crippen molar-refractivity contribution in [3.63, 3.8) is 0 Å². The van der Waals surface area contributed by atoms with E-state index in [-0.39, 0.29) is 5.97 Å². The molecule has 1 heterocycles. The van der Waals surface area contributed by atoms with Crippen LogP contribution in [-0.2, 0) is 23.1 Å². The van der Waals surface area contributed by atoms with Crippen molar-refractivity contribution < 1.29 is 18.8 Å². The SMILES string of the molecule is C[n+]1ccc(C(=O)OCCCCCCCCCCOCc2ccc3ccc4cccc5ccc2c3c45)cc1. The van der Waals surface area contributed by atoms with E-state index < -0.39 is 0 Å². The number of esters is 1. The molecule has 0 fully saturated rings. The standard InChI is InChI=1S/C34H38NO3/c1-35-21-19-29(20-22-35)34(36)38-24-9-7-5-3-2-4-6-8-23-37-25-30-16-15-28-14-13-26-11-10-12-27-17-18-31(30)33(28)32(26)27/h10-22H,2-9,23-25H2,1H3/q+1. The first kappa shape index (κ1) is 26.1. The number of unbranched alkanes of at least 4 members (excludes halogenated alkanes) is 7. The van der Waals surface area contributed by atoms with Crippen LogP contribution >= 0.6 is 0 Å². The van der Waals surface area contributed by atoms with Gasteiger partial charge in [0.2, 0.25) is 0 Å². The molecule has 5 aromatic rings. The molecule has 0 atom stereocenters. The number of benzene rings is 4. The average molecular weight is 509 g/mol. The molecule has 0 N–H and O–H groups in total. The first-order valence-electron chi connectivity index (χ1n) is 14.1. The zero-order valence-corrected chi connectivity index (χ0v) is 22.5. The maximum absolute atomic E-state index is 12.0. The number of carbonyl (C=O) groups is 1. The molecule has 0 aliphatic heterocycles. The van der Waals surface area contributed by atoms with E-state index in [4.69, 9.17) is 9.47 Å². The summed E-state index contributed by atoms with van der Waals surface area (Å²) in [4.78, 5) is 12.0. The Morgan fingerprint density at radius 2 is 1.24 bits per heavy atom. The molecule has 0 saturated carbocycles. The van der Waals surface area contributed by atoms with Gasteiger partial charge in [0.15, 0.2) is 12.4 Å². The van der Waals surface area contributed by atoms with Gasteiger partial charge in [-0.05, 0) is 50.7 Å². The van der Waals surface area contributed by atoms with Gasteiger partial charge in [-0.15, -0.1) is 0 Å². The largest absolute Gasteiger partial charge is 0.462 e. The molecule has 4 aromatic carbocycles. The summed E-state index contributed by atoms with van der Waals surface area (Å²) < 4.78 is 13.4. The summed E-state index contributed by atoms with van der Waals surface area (Å²) in [7, 11) is 1.93. The Balaban J connectivity index is 0.937. The number of ether oxygens (including phenoxy) is 2.